The fraction of sp³-hybridized carbons (Fsp3) is 1.00. The maximum Gasteiger partial charge on any atom is 0.0543 e. The SMILES string of the molecule is COC(C)CCC(C)C1CNC1. The normalized spacial score (nSPS) is 23.2. The molecule has 1 rings (SSSR count). The van der Waals surface area contributed by atoms with Gasteiger partial charge in [-0.15, -0.1) is 0 Å². The molecule has 0 spiro atoms. The molecule has 1 aliphatic rings. The first-order chi connectivity index (χ1) is 5.74. The van der Waals surface area contributed by atoms with E-state index in [9.17, 15) is 0 Å². The fourth-order valence-electron chi connectivity index (χ4n) is 1.56. The molecule has 0 aromatic carbocycles. The Bertz CT molecular complexity index is 123. The van der Waals surface area contributed by atoms with Gasteiger partial charge in [0.25, 0.3) is 0 Å². The second-order valence-corrected chi connectivity index (χ2v) is 4.02. The summed E-state index contributed by atoms with van der Waals surface area (Å²) in [4.78, 5) is 0. The van der Waals surface area contributed by atoms with Gasteiger partial charge in [-0.25, -0.2) is 0 Å². The van der Waals surface area contributed by atoms with E-state index in [-0.39, 0.29) is 0 Å². The Morgan fingerprint density at radius 1 is 1.33 bits per heavy atom. The van der Waals surface area contributed by atoms with Crippen molar-refractivity contribution in [1.29, 1.82) is 0 Å². The maximum atomic E-state index is 5.22. The van der Waals surface area contributed by atoms with Crippen molar-refractivity contribution in [2.24, 2.45) is 11.8 Å². The number of rotatable bonds is 5. The molecule has 0 saturated carbocycles. The van der Waals surface area contributed by atoms with Gasteiger partial charge in [0.1, 0.15) is 0 Å². The van der Waals surface area contributed by atoms with Crippen LogP contribution in [0.3, 0.4) is 0 Å². The first-order valence-corrected chi connectivity index (χ1v) is 4.97. The summed E-state index contributed by atoms with van der Waals surface area (Å²) < 4.78 is 5.22. The highest BCUT2D eigenvalue weighted by atomic mass is 16.5. The van der Waals surface area contributed by atoms with E-state index < -0.39 is 0 Å². The lowest BCUT2D eigenvalue weighted by Crippen LogP contribution is -2.45. The van der Waals surface area contributed by atoms with Gasteiger partial charge >= 0.3 is 0 Å². The second-order valence-electron chi connectivity index (χ2n) is 4.02. The molecule has 12 heavy (non-hydrogen) atoms. The van der Waals surface area contributed by atoms with E-state index in [0.29, 0.717) is 6.10 Å². The first kappa shape index (κ1) is 10.0. The van der Waals surface area contributed by atoms with Crippen molar-refractivity contribution in [1.82, 2.24) is 5.32 Å². The molecule has 0 amide bonds. The van der Waals surface area contributed by atoms with Gasteiger partial charge in [-0.1, -0.05) is 6.92 Å². The third-order valence-corrected chi connectivity index (χ3v) is 3.05. The number of methoxy groups -OCH3 is 1. The molecule has 0 radical (unpaired) electrons. The van der Waals surface area contributed by atoms with Crippen molar-refractivity contribution in [3.05, 3.63) is 0 Å². The third-order valence-electron chi connectivity index (χ3n) is 3.05. The summed E-state index contributed by atoms with van der Waals surface area (Å²) in [5.41, 5.74) is 0. The number of ether oxygens (including phenoxy) is 1. The quantitative estimate of drug-likeness (QED) is 0.679. The van der Waals surface area contributed by atoms with E-state index in [2.05, 4.69) is 19.2 Å². The van der Waals surface area contributed by atoms with Crippen molar-refractivity contribution in [3.8, 4) is 0 Å². The average Bonchev–Trinajstić information content (AvgIpc) is 1.97. The number of hydrogen-bond donors (Lipinski definition) is 1. The van der Waals surface area contributed by atoms with E-state index in [4.69, 9.17) is 4.74 Å². The van der Waals surface area contributed by atoms with Gasteiger partial charge in [-0.3, -0.25) is 0 Å². The smallest absolute Gasteiger partial charge is 0.0543 e. The Morgan fingerprint density at radius 3 is 2.42 bits per heavy atom. The Hall–Kier alpha value is -0.0800. The summed E-state index contributed by atoms with van der Waals surface area (Å²) in [7, 11) is 1.79. The molecule has 0 bridgehead atoms. The van der Waals surface area contributed by atoms with E-state index >= 15 is 0 Å². The van der Waals surface area contributed by atoms with Gasteiger partial charge in [0.05, 0.1) is 6.10 Å². The molecule has 0 aromatic rings. The van der Waals surface area contributed by atoms with Gasteiger partial charge < -0.3 is 10.1 Å². The molecule has 1 saturated heterocycles. The zero-order valence-corrected chi connectivity index (χ0v) is 8.47. The summed E-state index contributed by atoms with van der Waals surface area (Å²) in [5, 5.41) is 3.31. The fourth-order valence-corrected chi connectivity index (χ4v) is 1.56. The molecule has 2 nitrogen and oxygen atoms in total. The molecule has 1 fully saturated rings. The topological polar surface area (TPSA) is 21.3 Å². The molecule has 1 aliphatic heterocycles. The molecule has 2 unspecified atom stereocenters. The minimum atomic E-state index is 0.431. The van der Waals surface area contributed by atoms with E-state index in [1.54, 1.807) is 7.11 Å². The lowest BCUT2D eigenvalue weighted by Gasteiger charge is -2.33. The summed E-state index contributed by atoms with van der Waals surface area (Å²) >= 11 is 0. The summed E-state index contributed by atoms with van der Waals surface area (Å²) in [6, 6.07) is 0. The summed E-state index contributed by atoms with van der Waals surface area (Å²) in [5.74, 6) is 1.79. The zero-order valence-electron chi connectivity index (χ0n) is 8.47. The highest BCUT2D eigenvalue weighted by Crippen LogP contribution is 2.21. The van der Waals surface area contributed by atoms with Crippen LogP contribution in [-0.4, -0.2) is 26.3 Å². The number of hydrogen-bond acceptors (Lipinski definition) is 2. The van der Waals surface area contributed by atoms with E-state index in [1.807, 2.05) is 0 Å². The summed E-state index contributed by atoms with van der Waals surface area (Å²) in [6.07, 6.45) is 2.94. The first-order valence-electron chi connectivity index (χ1n) is 4.97. The summed E-state index contributed by atoms with van der Waals surface area (Å²) in [6.45, 7) is 6.95. The van der Waals surface area contributed by atoms with Crippen LogP contribution in [0.25, 0.3) is 0 Å². The minimum absolute atomic E-state index is 0.431. The second kappa shape index (κ2) is 4.83. The molecular weight excluding hydrogens is 150 g/mol. The van der Waals surface area contributed by atoms with Crippen LogP contribution in [0.2, 0.25) is 0 Å². The van der Waals surface area contributed by atoms with Crippen molar-refractivity contribution >= 4 is 0 Å². The van der Waals surface area contributed by atoms with Crippen LogP contribution in [0.5, 0.6) is 0 Å². The van der Waals surface area contributed by atoms with Crippen LogP contribution in [0.15, 0.2) is 0 Å². The van der Waals surface area contributed by atoms with Gasteiger partial charge in [0, 0.05) is 7.11 Å². The molecule has 2 atom stereocenters. The van der Waals surface area contributed by atoms with Crippen molar-refractivity contribution in [2.45, 2.75) is 32.8 Å². The number of nitrogens with one attached hydrogen (secondary N) is 1. The minimum Gasteiger partial charge on any atom is -0.382 e. The highest BCUT2D eigenvalue weighted by molar-refractivity contribution is 4.79. The molecule has 1 heterocycles. The third kappa shape index (κ3) is 2.76. The zero-order chi connectivity index (χ0) is 8.97. The Labute approximate surface area is 75.7 Å². The van der Waals surface area contributed by atoms with Crippen LogP contribution in [0, 0.1) is 11.8 Å². The maximum absolute atomic E-state index is 5.22. The van der Waals surface area contributed by atoms with Gasteiger partial charge in [0.15, 0.2) is 0 Å². The monoisotopic (exact) mass is 171 g/mol. The standard InChI is InChI=1S/C10H21NO/c1-8(10-6-11-7-10)4-5-9(2)12-3/h8-11H,4-7H2,1-3H3. The lowest BCUT2D eigenvalue weighted by molar-refractivity contribution is 0.0981. The van der Waals surface area contributed by atoms with Gasteiger partial charge in [0.2, 0.25) is 0 Å². The Kier molecular flexibility index (Phi) is 4.02. The van der Waals surface area contributed by atoms with Crippen LogP contribution in [-0.2, 0) is 4.74 Å². The molecule has 72 valence electrons. The predicted octanol–water partition coefficient (Wildman–Crippen LogP) is 1.66. The molecule has 1 N–H and O–H groups in total. The molecular formula is C10H21NO. The van der Waals surface area contributed by atoms with Gasteiger partial charge in [-0.05, 0) is 44.7 Å². The largest absolute Gasteiger partial charge is 0.382 e. The average molecular weight is 171 g/mol. The van der Waals surface area contributed by atoms with Crippen LogP contribution < -0.4 is 5.32 Å². The van der Waals surface area contributed by atoms with E-state index in [0.717, 1.165) is 11.8 Å². The van der Waals surface area contributed by atoms with Crippen molar-refractivity contribution in [3.63, 3.8) is 0 Å². The molecule has 2 heteroatoms. The Balaban J connectivity index is 2.05. The predicted molar refractivity (Wildman–Crippen MR) is 51.2 cm³/mol. The van der Waals surface area contributed by atoms with Crippen LogP contribution >= 0.6 is 0 Å². The Morgan fingerprint density at radius 2 is 2.00 bits per heavy atom. The lowest BCUT2D eigenvalue weighted by atomic mass is 9.85. The van der Waals surface area contributed by atoms with E-state index in [1.165, 1.54) is 25.9 Å². The molecule has 0 aromatic heterocycles. The van der Waals surface area contributed by atoms with Crippen molar-refractivity contribution < 1.29 is 4.74 Å². The van der Waals surface area contributed by atoms with Gasteiger partial charge in [-0.2, -0.15) is 0 Å². The van der Waals surface area contributed by atoms with Crippen LogP contribution in [0.1, 0.15) is 26.7 Å². The molecule has 0 aliphatic carbocycles. The highest BCUT2D eigenvalue weighted by Gasteiger charge is 2.23. The van der Waals surface area contributed by atoms with Crippen molar-refractivity contribution in [2.75, 3.05) is 20.2 Å². The van der Waals surface area contributed by atoms with Crippen LogP contribution in [0.4, 0.5) is 0 Å².